The maximum Gasteiger partial charge on any atom is 0.236 e. The first-order valence-electron chi connectivity index (χ1n) is 9.06. The summed E-state index contributed by atoms with van der Waals surface area (Å²) < 4.78 is 24.3. The van der Waals surface area contributed by atoms with E-state index in [1.165, 1.54) is 30.0 Å². The Labute approximate surface area is 162 Å². The lowest BCUT2D eigenvalue weighted by atomic mass is 10.2. The lowest BCUT2D eigenvalue weighted by Gasteiger charge is -2.35. The van der Waals surface area contributed by atoms with E-state index in [4.69, 9.17) is 9.15 Å². The fraction of sp³-hybridized carbons (Fsp3) is 0.238. The van der Waals surface area contributed by atoms with Crippen molar-refractivity contribution in [3.8, 4) is 11.8 Å². The van der Waals surface area contributed by atoms with E-state index >= 15 is 0 Å². The summed E-state index contributed by atoms with van der Waals surface area (Å²) in [5.74, 6) is 0.984. The van der Waals surface area contributed by atoms with Crippen molar-refractivity contribution in [3.05, 3.63) is 72.0 Å². The summed E-state index contributed by atoms with van der Waals surface area (Å²) in [6, 6.07) is 18.1. The number of rotatable bonds is 5. The lowest BCUT2D eigenvalue weighted by molar-refractivity contribution is 0.263. The van der Waals surface area contributed by atoms with Crippen molar-refractivity contribution in [3.63, 3.8) is 0 Å². The highest BCUT2D eigenvalue weighted by atomic mass is 19.1. The highest BCUT2D eigenvalue weighted by molar-refractivity contribution is 5.52. The molecule has 0 unspecified atom stereocenters. The number of para-hydroxylation sites is 1. The molecule has 1 aliphatic heterocycles. The van der Waals surface area contributed by atoms with Gasteiger partial charge >= 0.3 is 0 Å². The number of ether oxygens (including phenoxy) is 1. The molecule has 7 heteroatoms. The molecule has 1 fully saturated rings. The Morgan fingerprint density at radius 2 is 1.68 bits per heavy atom. The summed E-state index contributed by atoms with van der Waals surface area (Å²) in [6.07, 6.45) is 0. The summed E-state index contributed by atoms with van der Waals surface area (Å²) in [7, 11) is 0. The van der Waals surface area contributed by atoms with Crippen molar-refractivity contribution in [2.75, 3.05) is 36.0 Å². The summed E-state index contributed by atoms with van der Waals surface area (Å²) in [5.41, 5.74) is 1.44. The van der Waals surface area contributed by atoms with Crippen molar-refractivity contribution in [1.29, 1.82) is 5.26 Å². The zero-order chi connectivity index (χ0) is 19.3. The number of nitrogens with zero attached hydrogens (tertiary/aromatic N) is 4. The zero-order valence-electron chi connectivity index (χ0n) is 15.2. The molecule has 2 heterocycles. The van der Waals surface area contributed by atoms with Gasteiger partial charge in [0, 0.05) is 31.9 Å². The molecule has 1 aliphatic rings. The molecule has 1 aromatic heterocycles. The van der Waals surface area contributed by atoms with E-state index in [0.717, 1.165) is 26.2 Å². The van der Waals surface area contributed by atoms with Gasteiger partial charge in [-0.3, -0.25) is 0 Å². The van der Waals surface area contributed by atoms with Crippen LogP contribution in [-0.2, 0) is 6.61 Å². The van der Waals surface area contributed by atoms with E-state index < -0.39 is 0 Å². The van der Waals surface area contributed by atoms with Crippen molar-refractivity contribution in [2.45, 2.75) is 6.61 Å². The van der Waals surface area contributed by atoms with Gasteiger partial charge in [0.05, 0.1) is 0 Å². The van der Waals surface area contributed by atoms with Crippen LogP contribution in [0.15, 0.2) is 59.0 Å². The van der Waals surface area contributed by atoms with E-state index in [1.54, 1.807) is 0 Å². The fourth-order valence-electron chi connectivity index (χ4n) is 3.19. The van der Waals surface area contributed by atoms with Crippen LogP contribution in [0, 0.1) is 17.1 Å². The third-order valence-corrected chi connectivity index (χ3v) is 4.62. The van der Waals surface area contributed by atoms with Gasteiger partial charge in [-0.25, -0.2) is 4.39 Å². The van der Waals surface area contributed by atoms with Gasteiger partial charge in [0.25, 0.3) is 0 Å². The Hall–Kier alpha value is -3.53. The molecule has 1 saturated heterocycles. The van der Waals surface area contributed by atoms with Crippen molar-refractivity contribution < 1.29 is 13.5 Å². The normalized spacial score (nSPS) is 14.0. The second-order valence-corrected chi connectivity index (χ2v) is 6.43. The molecule has 142 valence electrons. The molecular weight excluding hydrogens is 359 g/mol. The maximum atomic E-state index is 13.0. The maximum absolute atomic E-state index is 13.0. The fourth-order valence-corrected chi connectivity index (χ4v) is 3.19. The van der Waals surface area contributed by atoms with Crippen LogP contribution in [0.5, 0.6) is 5.75 Å². The number of oxazole rings is 1. The second kappa shape index (κ2) is 8.01. The molecule has 0 radical (unpaired) electrons. The Bertz CT molecular complexity index is 958. The number of nitriles is 1. The lowest BCUT2D eigenvalue weighted by Crippen LogP contribution is -2.46. The molecule has 3 aromatic rings. The first kappa shape index (κ1) is 17.9. The van der Waals surface area contributed by atoms with Gasteiger partial charge in [-0.1, -0.05) is 18.2 Å². The van der Waals surface area contributed by atoms with Crippen LogP contribution in [0.3, 0.4) is 0 Å². The van der Waals surface area contributed by atoms with Gasteiger partial charge in [0.15, 0.2) is 6.61 Å². The van der Waals surface area contributed by atoms with E-state index in [2.05, 4.69) is 28.1 Å². The van der Waals surface area contributed by atoms with Crippen molar-refractivity contribution in [2.24, 2.45) is 0 Å². The minimum absolute atomic E-state index is 0.0737. The third-order valence-electron chi connectivity index (χ3n) is 4.62. The van der Waals surface area contributed by atoms with Crippen LogP contribution in [0.2, 0.25) is 0 Å². The van der Waals surface area contributed by atoms with Gasteiger partial charge < -0.3 is 19.0 Å². The Balaban J connectivity index is 1.41. The highest BCUT2D eigenvalue weighted by Crippen LogP contribution is 2.25. The van der Waals surface area contributed by atoms with E-state index in [1.807, 2.05) is 23.1 Å². The van der Waals surface area contributed by atoms with E-state index in [-0.39, 0.29) is 18.1 Å². The second-order valence-electron chi connectivity index (χ2n) is 6.43. The number of benzene rings is 2. The number of hydrogen-bond donors (Lipinski definition) is 0. The van der Waals surface area contributed by atoms with Gasteiger partial charge in [0.1, 0.15) is 17.6 Å². The number of aromatic nitrogens is 1. The van der Waals surface area contributed by atoms with Gasteiger partial charge in [-0.05, 0) is 36.4 Å². The van der Waals surface area contributed by atoms with Crippen LogP contribution in [0.4, 0.5) is 16.0 Å². The molecule has 6 nitrogen and oxygen atoms in total. The quantitative estimate of drug-likeness (QED) is 0.676. The zero-order valence-corrected chi connectivity index (χ0v) is 15.2. The Kier molecular flexibility index (Phi) is 5.11. The van der Waals surface area contributed by atoms with Crippen LogP contribution < -0.4 is 14.5 Å². The molecule has 0 aliphatic carbocycles. The van der Waals surface area contributed by atoms with Crippen LogP contribution in [0.25, 0.3) is 0 Å². The number of halogens is 1. The first-order valence-corrected chi connectivity index (χ1v) is 9.06. The summed E-state index contributed by atoms with van der Waals surface area (Å²) in [5, 5.41) is 9.42. The monoisotopic (exact) mass is 378 g/mol. The average molecular weight is 378 g/mol. The number of piperazine rings is 1. The smallest absolute Gasteiger partial charge is 0.236 e. The highest BCUT2D eigenvalue weighted by Gasteiger charge is 2.24. The summed E-state index contributed by atoms with van der Waals surface area (Å²) in [4.78, 5) is 8.57. The topological polar surface area (TPSA) is 65.5 Å². The van der Waals surface area contributed by atoms with Gasteiger partial charge in [0.2, 0.25) is 17.5 Å². The molecule has 0 N–H and O–H groups in total. The van der Waals surface area contributed by atoms with E-state index in [0.29, 0.717) is 17.5 Å². The summed E-state index contributed by atoms with van der Waals surface area (Å²) in [6.45, 7) is 3.20. The molecule has 0 amide bonds. The molecule has 4 rings (SSSR count). The predicted octanol–water partition coefficient (Wildman–Crippen LogP) is 3.59. The van der Waals surface area contributed by atoms with Crippen LogP contribution >= 0.6 is 0 Å². The van der Waals surface area contributed by atoms with Crippen LogP contribution in [0.1, 0.15) is 11.6 Å². The minimum Gasteiger partial charge on any atom is -0.484 e. The Morgan fingerprint density at radius 3 is 2.36 bits per heavy atom. The number of anilines is 2. The third kappa shape index (κ3) is 3.91. The van der Waals surface area contributed by atoms with Crippen molar-refractivity contribution >= 4 is 11.6 Å². The molecule has 2 aromatic carbocycles. The molecule has 0 atom stereocenters. The standard InChI is InChI=1S/C21H19FN4O2/c22-16-6-8-18(9-7-16)27-15-20-24-19(14-23)21(28-20)26-12-10-25(11-13-26)17-4-2-1-3-5-17/h1-9H,10-13,15H2. The molecule has 28 heavy (non-hydrogen) atoms. The SMILES string of the molecule is N#Cc1nc(COc2ccc(F)cc2)oc1N1CCN(c2ccccc2)CC1. The first-order chi connectivity index (χ1) is 13.7. The van der Waals surface area contributed by atoms with Gasteiger partial charge in [-0.2, -0.15) is 10.2 Å². The summed E-state index contributed by atoms with van der Waals surface area (Å²) >= 11 is 0. The molecular formula is C21H19FN4O2. The minimum atomic E-state index is -0.327. The predicted molar refractivity (Wildman–Crippen MR) is 103 cm³/mol. The molecule has 0 bridgehead atoms. The van der Waals surface area contributed by atoms with Crippen molar-refractivity contribution in [1.82, 2.24) is 4.98 Å². The molecule has 0 saturated carbocycles. The molecule has 0 spiro atoms. The van der Waals surface area contributed by atoms with E-state index in [9.17, 15) is 9.65 Å². The van der Waals surface area contributed by atoms with Crippen LogP contribution in [-0.4, -0.2) is 31.2 Å². The number of hydrogen-bond acceptors (Lipinski definition) is 6. The average Bonchev–Trinajstić information content (AvgIpc) is 3.17. The van der Waals surface area contributed by atoms with Gasteiger partial charge in [-0.15, -0.1) is 0 Å². The largest absolute Gasteiger partial charge is 0.484 e. The Morgan fingerprint density at radius 1 is 1.00 bits per heavy atom.